The Bertz CT molecular complexity index is 1350. The number of amides is 1. The van der Waals surface area contributed by atoms with Gasteiger partial charge in [0.25, 0.3) is 11.2 Å². The molecule has 156 valence electrons. The lowest BCUT2D eigenvalue weighted by atomic mass is 10.2. The molecule has 0 radical (unpaired) electrons. The van der Waals surface area contributed by atoms with Crippen molar-refractivity contribution in [2.24, 2.45) is 0 Å². The van der Waals surface area contributed by atoms with Gasteiger partial charge in [-0.25, -0.2) is 9.67 Å². The third kappa shape index (κ3) is 3.96. The molecule has 0 aliphatic rings. The lowest BCUT2D eigenvalue weighted by Gasteiger charge is -2.09. The van der Waals surface area contributed by atoms with E-state index in [1.807, 2.05) is 30.3 Å². The van der Waals surface area contributed by atoms with E-state index in [9.17, 15) is 19.7 Å². The number of methoxy groups -OCH3 is 1. The second-order valence-corrected chi connectivity index (χ2v) is 6.53. The molecule has 0 atom stereocenters. The monoisotopic (exact) mass is 420 g/mol. The summed E-state index contributed by atoms with van der Waals surface area (Å²) in [7, 11) is 1.36. The average molecular weight is 420 g/mol. The Hall–Kier alpha value is -4.54. The van der Waals surface area contributed by atoms with Crippen molar-refractivity contribution in [1.29, 1.82) is 0 Å². The number of hydrogen-bond acceptors (Lipinski definition) is 7. The van der Waals surface area contributed by atoms with E-state index in [0.29, 0.717) is 5.65 Å². The van der Waals surface area contributed by atoms with Gasteiger partial charge in [0.1, 0.15) is 24.0 Å². The van der Waals surface area contributed by atoms with E-state index in [2.05, 4.69) is 15.4 Å². The molecule has 0 saturated carbocycles. The zero-order valence-corrected chi connectivity index (χ0v) is 16.3. The van der Waals surface area contributed by atoms with E-state index in [1.165, 1.54) is 42.5 Å². The highest BCUT2D eigenvalue weighted by Crippen LogP contribution is 2.25. The number of carbonyl (C=O) groups is 1. The number of anilines is 1. The number of nitro benzene ring substituents is 1. The van der Waals surface area contributed by atoms with Crippen LogP contribution in [-0.2, 0) is 11.3 Å². The Kier molecular flexibility index (Phi) is 5.14. The Morgan fingerprint density at radius 3 is 2.71 bits per heavy atom. The summed E-state index contributed by atoms with van der Waals surface area (Å²) in [5.41, 5.74) is 0.632. The third-order valence-electron chi connectivity index (χ3n) is 4.49. The number of nitrogens with zero attached hydrogens (tertiary/aromatic N) is 5. The van der Waals surface area contributed by atoms with Gasteiger partial charge in [0.2, 0.25) is 5.91 Å². The molecular weight excluding hydrogens is 404 g/mol. The van der Waals surface area contributed by atoms with Gasteiger partial charge in [-0.05, 0) is 12.1 Å². The largest absolute Gasteiger partial charge is 0.496 e. The van der Waals surface area contributed by atoms with Crippen LogP contribution in [0.4, 0.5) is 11.4 Å². The maximum absolute atomic E-state index is 12.8. The minimum Gasteiger partial charge on any atom is -0.496 e. The van der Waals surface area contributed by atoms with Gasteiger partial charge in [0.05, 0.1) is 35.7 Å². The van der Waals surface area contributed by atoms with Crippen molar-refractivity contribution >= 4 is 28.3 Å². The van der Waals surface area contributed by atoms with Crippen LogP contribution in [0, 0.1) is 10.1 Å². The third-order valence-corrected chi connectivity index (χ3v) is 4.49. The Balaban J connectivity index is 1.59. The number of non-ortho nitro benzene ring substituents is 1. The van der Waals surface area contributed by atoms with Gasteiger partial charge >= 0.3 is 0 Å². The Morgan fingerprint density at radius 2 is 2.00 bits per heavy atom. The molecule has 1 amide bonds. The normalized spacial score (nSPS) is 10.7. The number of nitro groups is 1. The molecular formula is C20H16N6O5. The standard InChI is InChI=1S/C20H16N6O5/c1-31-16-8-13(7-15(9-16)26(29)30)23-18(27)11-24-12-21-19-17(20(24)28)10-22-25(19)14-5-3-2-4-6-14/h2-10,12H,11H2,1H3,(H,23,27). The first-order valence-electron chi connectivity index (χ1n) is 9.08. The number of hydrogen-bond donors (Lipinski definition) is 1. The van der Waals surface area contributed by atoms with Crippen molar-refractivity contribution in [3.63, 3.8) is 0 Å². The van der Waals surface area contributed by atoms with Crippen LogP contribution in [0.2, 0.25) is 0 Å². The van der Waals surface area contributed by atoms with Crippen LogP contribution < -0.4 is 15.6 Å². The van der Waals surface area contributed by atoms with Crippen LogP contribution in [-0.4, -0.2) is 37.3 Å². The molecule has 11 nitrogen and oxygen atoms in total. The van der Waals surface area contributed by atoms with Gasteiger partial charge in [-0.15, -0.1) is 0 Å². The zero-order chi connectivity index (χ0) is 22.0. The summed E-state index contributed by atoms with van der Waals surface area (Å²) >= 11 is 0. The fourth-order valence-electron chi connectivity index (χ4n) is 3.05. The lowest BCUT2D eigenvalue weighted by Crippen LogP contribution is -2.27. The molecule has 0 aliphatic carbocycles. The van der Waals surface area contributed by atoms with Gasteiger partial charge in [0, 0.05) is 12.1 Å². The quantitative estimate of drug-likeness (QED) is 0.373. The molecule has 4 aromatic rings. The topological polar surface area (TPSA) is 134 Å². The van der Waals surface area contributed by atoms with E-state index in [1.54, 1.807) is 0 Å². The first-order chi connectivity index (χ1) is 15.0. The van der Waals surface area contributed by atoms with Gasteiger partial charge in [-0.3, -0.25) is 24.3 Å². The van der Waals surface area contributed by atoms with E-state index in [4.69, 9.17) is 4.74 Å². The van der Waals surface area contributed by atoms with Gasteiger partial charge in [-0.1, -0.05) is 18.2 Å². The summed E-state index contributed by atoms with van der Waals surface area (Å²) in [6.45, 7) is -0.330. The van der Waals surface area contributed by atoms with Crippen LogP contribution in [0.5, 0.6) is 5.75 Å². The first kappa shape index (κ1) is 19.8. The second kappa shape index (κ2) is 8.06. The highest BCUT2D eigenvalue weighted by Gasteiger charge is 2.15. The average Bonchev–Trinajstić information content (AvgIpc) is 3.21. The van der Waals surface area contributed by atoms with Gasteiger partial charge < -0.3 is 10.1 Å². The summed E-state index contributed by atoms with van der Waals surface area (Å²) < 4.78 is 7.70. The number of carbonyl (C=O) groups excluding carboxylic acids is 1. The van der Waals surface area contributed by atoms with Gasteiger partial charge in [-0.2, -0.15) is 5.10 Å². The van der Waals surface area contributed by atoms with Gasteiger partial charge in [0.15, 0.2) is 5.65 Å². The number of ether oxygens (including phenoxy) is 1. The number of aromatic nitrogens is 4. The van der Waals surface area contributed by atoms with Crippen molar-refractivity contribution < 1.29 is 14.5 Å². The van der Waals surface area contributed by atoms with Crippen LogP contribution in [0.1, 0.15) is 0 Å². The first-order valence-corrected chi connectivity index (χ1v) is 9.08. The molecule has 2 aromatic heterocycles. The van der Waals surface area contributed by atoms with E-state index in [-0.39, 0.29) is 29.1 Å². The predicted octanol–water partition coefficient (Wildman–Crippen LogP) is 2.14. The van der Waals surface area contributed by atoms with E-state index in [0.717, 1.165) is 10.3 Å². The van der Waals surface area contributed by atoms with Crippen molar-refractivity contribution in [2.75, 3.05) is 12.4 Å². The number of benzene rings is 2. The van der Waals surface area contributed by atoms with Crippen LogP contribution in [0.15, 0.2) is 65.8 Å². The molecule has 0 spiro atoms. The summed E-state index contributed by atoms with van der Waals surface area (Å²) in [6.07, 6.45) is 2.66. The number of fused-ring (bicyclic) bond motifs is 1. The maximum Gasteiger partial charge on any atom is 0.275 e. The Morgan fingerprint density at radius 1 is 1.23 bits per heavy atom. The molecule has 0 saturated heterocycles. The lowest BCUT2D eigenvalue weighted by molar-refractivity contribution is -0.384. The van der Waals surface area contributed by atoms with Crippen molar-refractivity contribution in [1.82, 2.24) is 19.3 Å². The van der Waals surface area contributed by atoms with Crippen molar-refractivity contribution in [3.8, 4) is 11.4 Å². The number of para-hydroxylation sites is 1. The molecule has 0 bridgehead atoms. The molecule has 4 rings (SSSR count). The minimum absolute atomic E-state index is 0.176. The van der Waals surface area contributed by atoms with Crippen molar-refractivity contribution in [2.45, 2.75) is 6.54 Å². The molecule has 2 heterocycles. The zero-order valence-electron chi connectivity index (χ0n) is 16.3. The fourth-order valence-corrected chi connectivity index (χ4v) is 3.05. The summed E-state index contributed by atoms with van der Waals surface area (Å²) in [4.78, 5) is 40.0. The molecule has 0 unspecified atom stereocenters. The second-order valence-electron chi connectivity index (χ2n) is 6.53. The summed E-state index contributed by atoms with van der Waals surface area (Å²) in [5, 5.41) is 18.1. The van der Waals surface area contributed by atoms with E-state index < -0.39 is 16.4 Å². The van der Waals surface area contributed by atoms with Crippen LogP contribution >= 0.6 is 0 Å². The highest BCUT2D eigenvalue weighted by molar-refractivity contribution is 5.91. The molecule has 31 heavy (non-hydrogen) atoms. The smallest absolute Gasteiger partial charge is 0.275 e. The molecule has 1 N–H and O–H groups in total. The minimum atomic E-state index is -0.592. The van der Waals surface area contributed by atoms with Crippen LogP contribution in [0.3, 0.4) is 0 Å². The predicted molar refractivity (Wildman–Crippen MR) is 111 cm³/mol. The van der Waals surface area contributed by atoms with Crippen molar-refractivity contribution in [3.05, 3.63) is 81.5 Å². The number of nitrogens with one attached hydrogen (secondary N) is 1. The summed E-state index contributed by atoms with van der Waals surface area (Å²) in [5.74, 6) is -0.334. The molecule has 11 heteroatoms. The Labute approximate surface area is 174 Å². The molecule has 2 aromatic carbocycles. The van der Waals surface area contributed by atoms with E-state index >= 15 is 0 Å². The van der Waals surface area contributed by atoms with Crippen LogP contribution in [0.25, 0.3) is 16.7 Å². The summed E-state index contributed by atoms with van der Waals surface area (Å²) in [6, 6.07) is 13.1. The molecule has 0 aliphatic heterocycles. The fraction of sp³-hybridized carbons (Fsp3) is 0.100. The highest BCUT2D eigenvalue weighted by atomic mass is 16.6. The maximum atomic E-state index is 12.8. The number of rotatable bonds is 6. The SMILES string of the molecule is COc1cc(NC(=O)Cn2cnc3c(cnn3-c3ccccc3)c2=O)cc([N+](=O)[O-])c1. The molecule has 0 fully saturated rings.